The molecule has 4 aromatic carbocycles. The van der Waals surface area contributed by atoms with Gasteiger partial charge in [0, 0.05) is 16.3 Å². The number of hydrogen-bond donors (Lipinski definition) is 0. The van der Waals surface area contributed by atoms with Crippen molar-refractivity contribution in [2.45, 2.75) is 6.92 Å². The molecule has 0 unspecified atom stereocenters. The molecule has 0 atom stereocenters. The molecule has 0 fully saturated rings. The average Bonchev–Trinajstić information content (AvgIpc) is 3.02. The van der Waals surface area contributed by atoms with Crippen molar-refractivity contribution in [1.29, 1.82) is 0 Å². The lowest BCUT2D eigenvalue weighted by Gasteiger charge is -2.14. The van der Waals surface area contributed by atoms with Crippen LogP contribution in [0.4, 0.5) is 0 Å². The van der Waals surface area contributed by atoms with Crippen LogP contribution in [0, 0.1) is 6.92 Å². The van der Waals surface area contributed by atoms with Crippen LogP contribution in [-0.4, -0.2) is 4.57 Å². The maximum absolute atomic E-state index is 2.40. The summed E-state index contributed by atoms with van der Waals surface area (Å²) in [6.07, 6.45) is 0. The van der Waals surface area contributed by atoms with E-state index < -0.39 is 0 Å². The molecule has 5 aromatic rings. The molecule has 0 amide bonds. The maximum Gasteiger partial charge on any atom is 0.0543 e. The second-order valence-electron chi connectivity index (χ2n) is 6.76. The number of aryl methyl sites for hydroxylation is 1. The summed E-state index contributed by atoms with van der Waals surface area (Å²) in [6.45, 7) is 2.16. The molecule has 5 rings (SSSR count). The molecular formula is C25H19N. The van der Waals surface area contributed by atoms with E-state index in [-0.39, 0.29) is 0 Å². The van der Waals surface area contributed by atoms with Crippen LogP contribution in [-0.2, 0) is 0 Å². The number of fused-ring (bicyclic) bond motifs is 3. The van der Waals surface area contributed by atoms with E-state index in [4.69, 9.17) is 0 Å². The predicted octanol–water partition coefficient (Wildman–Crippen LogP) is 6.76. The normalized spacial score (nSPS) is 11.3. The molecule has 1 aromatic heterocycles. The summed E-state index contributed by atoms with van der Waals surface area (Å²) >= 11 is 0. The van der Waals surface area contributed by atoms with Crippen molar-refractivity contribution in [2.24, 2.45) is 0 Å². The first kappa shape index (κ1) is 15.0. The molecule has 0 N–H and O–H groups in total. The molecule has 0 aliphatic heterocycles. The maximum atomic E-state index is 2.40. The minimum Gasteiger partial charge on any atom is -0.309 e. The summed E-state index contributed by atoms with van der Waals surface area (Å²) in [6, 6.07) is 34.7. The Bertz CT molecular complexity index is 1230. The lowest BCUT2D eigenvalue weighted by molar-refractivity contribution is 1.18. The molecule has 0 bridgehead atoms. The zero-order valence-corrected chi connectivity index (χ0v) is 14.7. The van der Waals surface area contributed by atoms with E-state index in [1.807, 2.05) is 0 Å². The molecule has 1 heterocycles. The first-order valence-electron chi connectivity index (χ1n) is 8.97. The third-order valence-corrected chi connectivity index (χ3v) is 5.06. The van der Waals surface area contributed by atoms with Gasteiger partial charge in [-0.15, -0.1) is 0 Å². The number of rotatable bonds is 2. The second kappa shape index (κ2) is 5.89. The minimum atomic E-state index is 1.22. The molecule has 0 aliphatic rings. The van der Waals surface area contributed by atoms with E-state index in [1.165, 1.54) is 44.2 Å². The molecule has 1 nitrogen and oxygen atoms in total. The van der Waals surface area contributed by atoms with Gasteiger partial charge in [-0.05, 0) is 36.2 Å². The molecule has 0 radical (unpaired) electrons. The molecule has 26 heavy (non-hydrogen) atoms. The zero-order valence-electron chi connectivity index (χ0n) is 14.7. The number of benzene rings is 4. The van der Waals surface area contributed by atoms with Crippen LogP contribution in [0.25, 0.3) is 38.6 Å². The first-order valence-corrected chi connectivity index (χ1v) is 8.97. The Balaban J connectivity index is 1.93. The Morgan fingerprint density at radius 3 is 2.15 bits per heavy atom. The predicted molar refractivity (Wildman–Crippen MR) is 111 cm³/mol. The SMILES string of the molecule is Cc1ccc2c3ccccc3n(-c3ccccc3-c3ccccc3)c2c1. The number of aromatic nitrogens is 1. The van der Waals surface area contributed by atoms with Crippen molar-refractivity contribution < 1.29 is 0 Å². The summed E-state index contributed by atoms with van der Waals surface area (Å²) in [7, 11) is 0. The number of para-hydroxylation sites is 2. The molecule has 0 saturated heterocycles. The van der Waals surface area contributed by atoms with Gasteiger partial charge < -0.3 is 4.57 Å². The largest absolute Gasteiger partial charge is 0.309 e. The third kappa shape index (κ3) is 2.25. The monoisotopic (exact) mass is 333 g/mol. The van der Waals surface area contributed by atoms with Crippen LogP contribution in [0.2, 0.25) is 0 Å². The van der Waals surface area contributed by atoms with Gasteiger partial charge in [0.25, 0.3) is 0 Å². The molecule has 0 spiro atoms. The highest BCUT2D eigenvalue weighted by Crippen LogP contribution is 2.36. The number of nitrogens with zero attached hydrogens (tertiary/aromatic N) is 1. The van der Waals surface area contributed by atoms with Crippen LogP contribution in [0.3, 0.4) is 0 Å². The van der Waals surface area contributed by atoms with Gasteiger partial charge in [0.15, 0.2) is 0 Å². The second-order valence-corrected chi connectivity index (χ2v) is 6.76. The van der Waals surface area contributed by atoms with E-state index in [1.54, 1.807) is 0 Å². The Morgan fingerprint density at radius 1 is 0.577 bits per heavy atom. The van der Waals surface area contributed by atoms with Crippen LogP contribution in [0.5, 0.6) is 0 Å². The summed E-state index contributed by atoms with van der Waals surface area (Å²) in [4.78, 5) is 0. The van der Waals surface area contributed by atoms with Crippen molar-refractivity contribution in [2.75, 3.05) is 0 Å². The zero-order chi connectivity index (χ0) is 17.5. The highest BCUT2D eigenvalue weighted by atomic mass is 15.0. The Hall–Kier alpha value is -3.32. The number of hydrogen-bond acceptors (Lipinski definition) is 0. The van der Waals surface area contributed by atoms with Crippen LogP contribution in [0.1, 0.15) is 5.56 Å². The Labute approximate surface area is 153 Å². The fraction of sp³-hybridized carbons (Fsp3) is 0.0400. The standard InChI is InChI=1S/C25H19N/c1-18-15-16-22-21-12-6-8-14-24(21)26(25(22)17-18)23-13-7-5-11-20(23)19-9-3-2-4-10-19/h2-17H,1H3. The van der Waals surface area contributed by atoms with E-state index in [0.717, 1.165) is 0 Å². The summed E-state index contributed by atoms with van der Waals surface area (Å²) in [5, 5.41) is 2.60. The van der Waals surface area contributed by atoms with Crippen LogP contribution in [0.15, 0.2) is 97.1 Å². The molecule has 0 saturated carbocycles. The Morgan fingerprint density at radius 2 is 1.27 bits per heavy atom. The van der Waals surface area contributed by atoms with Crippen molar-refractivity contribution in [1.82, 2.24) is 4.57 Å². The van der Waals surface area contributed by atoms with Crippen molar-refractivity contribution in [3.8, 4) is 16.8 Å². The smallest absolute Gasteiger partial charge is 0.0543 e. The van der Waals surface area contributed by atoms with Gasteiger partial charge in [-0.25, -0.2) is 0 Å². The van der Waals surface area contributed by atoms with Gasteiger partial charge in [-0.3, -0.25) is 0 Å². The fourth-order valence-corrected chi connectivity index (χ4v) is 3.87. The third-order valence-electron chi connectivity index (χ3n) is 5.06. The quantitative estimate of drug-likeness (QED) is 0.336. The first-order chi connectivity index (χ1) is 12.8. The van der Waals surface area contributed by atoms with E-state index in [2.05, 4.69) is 109 Å². The van der Waals surface area contributed by atoms with Crippen LogP contribution < -0.4 is 0 Å². The molecule has 1 heteroatoms. The van der Waals surface area contributed by atoms with Gasteiger partial charge in [-0.2, -0.15) is 0 Å². The summed E-state index contributed by atoms with van der Waals surface area (Å²) in [5.74, 6) is 0. The van der Waals surface area contributed by atoms with Crippen LogP contribution >= 0.6 is 0 Å². The summed E-state index contributed by atoms with van der Waals surface area (Å²) < 4.78 is 2.40. The lowest BCUT2D eigenvalue weighted by Crippen LogP contribution is -1.97. The van der Waals surface area contributed by atoms with Gasteiger partial charge in [0.2, 0.25) is 0 Å². The molecular weight excluding hydrogens is 314 g/mol. The molecule has 124 valence electrons. The fourth-order valence-electron chi connectivity index (χ4n) is 3.87. The molecule has 0 aliphatic carbocycles. The highest BCUT2D eigenvalue weighted by Gasteiger charge is 2.14. The highest BCUT2D eigenvalue weighted by molar-refractivity contribution is 6.09. The van der Waals surface area contributed by atoms with Crippen molar-refractivity contribution in [3.05, 3.63) is 103 Å². The van der Waals surface area contributed by atoms with Gasteiger partial charge in [0.05, 0.1) is 16.7 Å². The van der Waals surface area contributed by atoms with Crippen molar-refractivity contribution >= 4 is 21.8 Å². The van der Waals surface area contributed by atoms with Gasteiger partial charge >= 0.3 is 0 Å². The van der Waals surface area contributed by atoms with Gasteiger partial charge in [-0.1, -0.05) is 78.9 Å². The minimum absolute atomic E-state index is 1.22. The van der Waals surface area contributed by atoms with Crippen molar-refractivity contribution in [3.63, 3.8) is 0 Å². The summed E-state index contributed by atoms with van der Waals surface area (Å²) in [5.41, 5.74) is 7.49. The van der Waals surface area contributed by atoms with E-state index >= 15 is 0 Å². The van der Waals surface area contributed by atoms with E-state index in [9.17, 15) is 0 Å². The Kier molecular flexibility index (Phi) is 3.39. The lowest BCUT2D eigenvalue weighted by atomic mass is 10.0. The van der Waals surface area contributed by atoms with E-state index in [0.29, 0.717) is 0 Å². The topological polar surface area (TPSA) is 4.93 Å². The average molecular weight is 333 g/mol. The van der Waals surface area contributed by atoms with Gasteiger partial charge in [0.1, 0.15) is 0 Å².